The van der Waals surface area contributed by atoms with E-state index in [4.69, 9.17) is 10.5 Å². The molecule has 1 aromatic heterocycles. The van der Waals surface area contributed by atoms with Crippen LogP contribution in [-0.2, 0) is 0 Å². The second-order valence-electron chi connectivity index (χ2n) is 1.82. The van der Waals surface area contributed by atoms with Crippen LogP contribution >= 0.6 is 0 Å². The van der Waals surface area contributed by atoms with Gasteiger partial charge in [-0.25, -0.2) is 4.79 Å². The van der Waals surface area contributed by atoms with E-state index in [1.54, 1.807) is 0 Å². The molecule has 1 amide bonds. The Balaban J connectivity index is 2.79. The summed E-state index contributed by atoms with van der Waals surface area (Å²) in [6, 6.07) is 0. The molecule has 0 saturated carbocycles. The van der Waals surface area contributed by atoms with Crippen molar-refractivity contribution in [3.8, 4) is 11.8 Å². The Morgan fingerprint density at radius 1 is 1.50 bits per heavy atom. The Hall–Kier alpha value is -1.85. The van der Waals surface area contributed by atoms with Gasteiger partial charge in [0.25, 0.3) is 0 Å². The zero-order valence-electron chi connectivity index (χ0n) is 6.35. The van der Waals surface area contributed by atoms with Gasteiger partial charge in [-0.3, -0.25) is 4.98 Å². The smallest absolute Gasteiger partial charge is 0.411 e. The van der Waals surface area contributed by atoms with E-state index in [-0.39, 0.29) is 11.8 Å². The maximum absolute atomic E-state index is 10.3. The SMILES string of the molecule is COc1cncc(OC(N)=O)n1. The van der Waals surface area contributed by atoms with Crippen molar-refractivity contribution in [1.29, 1.82) is 0 Å². The molecule has 0 bridgehead atoms. The lowest BCUT2D eigenvalue weighted by molar-refractivity contribution is 0.208. The number of carbonyl (C=O) groups excluding carboxylic acids is 1. The minimum absolute atomic E-state index is 0.0156. The standard InChI is InChI=1S/C6H7N3O3/c1-11-4-2-8-3-5(9-4)12-6(7)10/h2-3H,1H3,(H2,7,10). The molecule has 0 aliphatic rings. The van der Waals surface area contributed by atoms with Gasteiger partial charge in [0.05, 0.1) is 19.5 Å². The predicted octanol–water partition coefficient (Wildman–Crippen LogP) is -0.0573. The molecule has 0 fully saturated rings. The van der Waals surface area contributed by atoms with E-state index in [9.17, 15) is 4.79 Å². The largest absolute Gasteiger partial charge is 0.480 e. The van der Waals surface area contributed by atoms with Crippen LogP contribution in [0, 0.1) is 0 Å². The number of hydrogen-bond acceptors (Lipinski definition) is 5. The highest BCUT2D eigenvalue weighted by Crippen LogP contribution is 2.09. The molecular weight excluding hydrogens is 162 g/mol. The fraction of sp³-hybridized carbons (Fsp3) is 0.167. The lowest BCUT2D eigenvalue weighted by Crippen LogP contribution is -2.17. The normalized spacial score (nSPS) is 9.08. The fourth-order valence-corrected chi connectivity index (χ4v) is 0.582. The molecule has 0 aromatic carbocycles. The van der Waals surface area contributed by atoms with E-state index < -0.39 is 6.09 Å². The van der Waals surface area contributed by atoms with Crippen LogP contribution in [0.4, 0.5) is 4.79 Å². The third-order valence-corrected chi connectivity index (χ3v) is 1.00. The Kier molecular flexibility index (Phi) is 2.42. The van der Waals surface area contributed by atoms with Crippen LogP contribution in [0.3, 0.4) is 0 Å². The minimum atomic E-state index is -0.933. The predicted molar refractivity (Wildman–Crippen MR) is 38.8 cm³/mol. The molecule has 1 heterocycles. The lowest BCUT2D eigenvalue weighted by Gasteiger charge is -2.00. The van der Waals surface area contributed by atoms with Crippen LogP contribution in [-0.4, -0.2) is 23.2 Å². The molecule has 0 saturated heterocycles. The van der Waals surface area contributed by atoms with Crippen LogP contribution in [0.1, 0.15) is 0 Å². The summed E-state index contributed by atoms with van der Waals surface area (Å²) in [4.78, 5) is 17.7. The van der Waals surface area contributed by atoms with E-state index in [0.29, 0.717) is 0 Å². The molecule has 0 spiro atoms. The van der Waals surface area contributed by atoms with E-state index in [2.05, 4.69) is 14.7 Å². The molecule has 0 aliphatic heterocycles. The second-order valence-corrected chi connectivity index (χ2v) is 1.82. The Labute approximate surface area is 68.3 Å². The van der Waals surface area contributed by atoms with Crippen LogP contribution in [0.15, 0.2) is 12.4 Å². The molecule has 12 heavy (non-hydrogen) atoms. The number of methoxy groups -OCH3 is 1. The summed E-state index contributed by atoms with van der Waals surface area (Å²) in [5, 5.41) is 0. The molecule has 0 atom stereocenters. The van der Waals surface area contributed by atoms with Crippen molar-refractivity contribution >= 4 is 6.09 Å². The van der Waals surface area contributed by atoms with E-state index in [1.165, 1.54) is 19.5 Å². The molecule has 2 N–H and O–H groups in total. The maximum Gasteiger partial charge on any atom is 0.411 e. The van der Waals surface area contributed by atoms with Crippen molar-refractivity contribution in [2.75, 3.05) is 7.11 Å². The van der Waals surface area contributed by atoms with Crippen molar-refractivity contribution in [2.45, 2.75) is 0 Å². The highest BCUT2D eigenvalue weighted by molar-refractivity contribution is 5.67. The van der Waals surface area contributed by atoms with Crippen molar-refractivity contribution in [2.24, 2.45) is 5.73 Å². The number of aromatic nitrogens is 2. The average Bonchev–Trinajstić information content (AvgIpc) is 2.03. The molecule has 1 rings (SSSR count). The third-order valence-electron chi connectivity index (χ3n) is 1.00. The topological polar surface area (TPSA) is 87.3 Å². The molecule has 6 nitrogen and oxygen atoms in total. The van der Waals surface area contributed by atoms with Gasteiger partial charge in [-0.1, -0.05) is 0 Å². The summed E-state index contributed by atoms with van der Waals surface area (Å²) in [6.07, 6.45) is 1.71. The van der Waals surface area contributed by atoms with Crippen molar-refractivity contribution in [1.82, 2.24) is 9.97 Å². The summed E-state index contributed by atoms with van der Waals surface area (Å²) < 4.78 is 9.17. The zero-order valence-corrected chi connectivity index (χ0v) is 6.35. The molecule has 0 aliphatic carbocycles. The van der Waals surface area contributed by atoms with Gasteiger partial charge in [0.15, 0.2) is 0 Å². The van der Waals surface area contributed by atoms with Gasteiger partial charge in [0.1, 0.15) is 0 Å². The summed E-state index contributed by atoms with van der Waals surface area (Å²) in [7, 11) is 1.43. The number of nitrogens with zero attached hydrogens (tertiary/aromatic N) is 2. The molecule has 64 valence electrons. The van der Waals surface area contributed by atoms with Crippen LogP contribution in [0.2, 0.25) is 0 Å². The molecule has 1 aromatic rings. The van der Waals surface area contributed by atoms with Gasteiger partial charge in [-0.2, -0.15) is 4.98 Å². The number of hydrogen-bond donors (Lipinski definition) is 1. The monoisotopic (exact) mass is 169 g/mol. The quantitative estimate of drug-likeness (QED) is 0.670. The first-order valence-electron chi connectivity index (χ1n) is 3.05. The van der Waals surface area contributed by atoms with Crippen LogP contribution in [0.25, 0.3) is 0 Å². The zero-order chi connectivity index (χ0) is 8.97. The lowest BCUT2D eigenvalue weighted by atomic mass is 10.7. The highest BCUT2D eigenvalue weighted by Gasteiger charge is 2.01. The third kappa shape index (κ3) is 2.08. The fourth-order valence-electron chi connectivity index (χ4n) is 0.582. The summed E-state index contributed by atoms with van der Waals surface area (Å²) in [5.74, 6) is 0.274. The van der Waals surface area contributed by atoms with E-state index in [1.807, 2.05) is 0 Å². The number of ether oxygens (including phenoxy) is 2. The number of rotatable bonds is 2. The van der Waals surface area contributed by atoms with Gasteiger partial charge in [0, 0.05) is 0 Å². The van der Waals surface area contributed by atoms with Crippen LogP contribution in [0.5, 0.6) is 11.8 Å². The molecule has 0 unspecified atom stereocenters. The molecule has 0 radical (unpaired) electrons. The Morgan fingerprint density at radius 3 is 2.75 bits per heavy atom. The first-order chi connectivity index (χ1) is 5.72. The van der Waals surface area contributed by atoms with Gasteiger partial charge in [0.2, 0.25) is 11.8 Å². The maximum atomic E-state index is 10.3. The number of nitrogens with two attached hydrogens (primary N) is 1. The van der Waals surface area contributed by atoms with Crippen molar-refractivity contribution in [3.63, 3.8) is 0 Å². The van der Waals surface area contributed by atoms with Gasteiger partial charge >= 0.3 is 6.09 Å². The minimum Gasteiger partial charge on any atom is -0.480 e. The van der Waals surface area contributed by atoms with Crippen molar-refractivity contribution < 1.29 is 14.3 Å². The number of primary amides is 1. The second kappa shape index (κ2) is 3.51. The van der Waals surface area contributed by atoms with Crippen molar-refractivity contribution in [3.05, 3.63) is 12.4 Å². The van der Waals surface area contributed by atoms with E-state index >= 15 is 0 Å². The van der Waals surface area contributed by atoms with Gasteiger partial charge in [-0.15, -0.1) is 0 Å². The summed E-state index contributed by atoms with van der Waals surface area (Å²) in [5.41, 5.74) is 4.75. The van der Waals surface area contributed by atoms with E-state index in [0.717, 1.165) is 0 Å². The summed E-state index contributed by atoms with van der Waals surface area (Å²) in [6.45, 7) is 0. The number of carbonyl (C=O) groups is 1. The van der Waals surface area contributed by atoms with Crippen LogP contribution < -0.4 is 15.2 Å². The first-order valence-corrected chi connectivity index (χ1v) is 3.05. The number of amides is 1. The van der Waals surface area contributed by atoms with Gasteiger partial charge in [-0.05, 0) is 0 Å². The summed E-state index contributed by atoms with van der Waals surface area (Å²) >= 11 is 0. The Bertz CT molecular complexity index is 289. The average molecular weight is 169 g/mol. The Morgan fingerprint density at radius 2 is 2.17 bits per heavy atom. The van der Waals surface area contributed by atoms with Gasteiger partial charge < -0.3 is 15.2 Å². The molecule has 6 heteroatoms. The first kappa shape index (κ1) is 8.25. The molecular formula is C6H7N3O3. The highest BCUT2D eigenvalue weighted by atomic mass is 16.6.